The molecule has 0 aromatic carbocycles. The molecule has 2 rings (SSSR count). The minimum atomic E-state index is -0.389. The Hall–Kier alpha value is -1.92. The summed E-state index contributed by atoms with van der Waals surface area (Å²) in [5.41, 5.74) is 1.08. The highest BCUT2D eigenvalue weighted by Crippen LogP contribution is 2.49. The van der Waals surface area contributed by atoms with E-state index in [1.807, 2.05) is 0 Å². The fourth-order valence-electron chi connectivity index (χ4n) is 3.62. The summed E-state index contributed by atoms with van der Waals surface area (Å²) in [6, 6.07) is 0. The lowest BCUT2D eigenvalue weighted by molar-refractivity contribution is -0.146. The number of ketones is 1. The zero-order valence-electron chi connectivity index (χ0n) is 24.0. The van der Waals surface area contributed by atoms with Gasteiger partial charge in [-0.05, 0) is 81.5 Å². The van der Waals surface area contributed by atoms with Crippen molar-refractivity contribution in [3.05, 3.63) is 0 Å². The van der Waals surface area contributed by atoms with Gasteiger partial charge in [-0.15, -0.1) is 0 Å². The van der Waals surface area contributed by atoms with Gasteiger partial charge in [0, 0.05) is 19.3 Å². The van der Waals surface area contributed by atoms with Crippen molar-refractivity contribution in [1.82, 2.24) is 0 Å². The second-order valence-corrected chi connectivity index (χ2v) is 11.3. The lowest BCUT2D eigenvalue weighted by Crippen LogP contribution is -2.11. The normalized spacial score (nSPS) is 15.9. The van der Waals surface area contributed by atoms with Gasteiger partial charge in [0.05, 0.1) is 20.8 Å². The molecule has 2 aliphatic carbocycles. The summed E-state index contributed by atoms with van der Waals surface area (Å²) in [4.78, 5) is 43.6. The third-order valence-electron chi connectivity index (χ3n) is 6.87. The molecule has 0 spiro atoms. The third kappa shape index (κ3) is 20.3. The highest BCUT2D eigenvalue weighted by Gasteiger charge is 2.36. The van der Waals surface area contributed by atoms with Gasteiger partial charge in [-0.3, -0.25) is 19.2 Å². The molecule has 2 saturated carbocycles. The molecule has 7 heteroatoms. The van der Waals surface area contributed by atoms with Crippen molar-refractivity contribution in [1.29, 1.82) is 0 Å². The van der Waals surface area contributed by atoms with Crippen LogP contribution in [-0.2, 0) is 33.4 Å². The number of ether oxygens (including phenoxy) is 3. The van der Waals surface area contributed by atoms with Gasteiger partial charge >= 0.3 is 17.9 Å². The first-order valence-corrected chi connectivity index (χ1v) is 13.7. The van der Waals surface area contributed by atoms with Crippen LogP contribution in [0.2, 0.25) is 0 Å². The molecule has 0 aliphatic heterocycles. The van der Waals surface area contributed by atoms with E-state index in [1.54, 1.807) is 6.92 Å². The van der Waals surface area contributed by atoms with E-state index >= 15 is 0 Å². The van der Waals surface area contributed by atoms with Crippen LogP contribution < -0.4 is 0 Å². The lowest BCUT2D eigenvalue weighted by atomic mass is 10.00. The number of carbonyl (C=O) groups excluding carboxylic acids is 4. The van der Waals surface area contributed by atoms with Gasteiger partial charge in [-0.25, -0.2) is 0 Å². The molecule has 0 bridgehead atoms. The van der Waals surface area contributed by atoms with Gasteiger partial charge in [0.25, 0.3) is 0 Å². The number of esters is 3. The molecule has 0 saturated heterocycles. The molecule has 0 aromatic rings. The first kappa shape index (κ1) is 34.1. The predicted molar refractivity (Wildman–Crippen MR) is 141 cm³/mol. The van der Waals surface area contributed by atoms with Gasteiger partial charge in [0.2, 0.25) is 0 Å². The maximum absolute atomic E-state index is 11.3. The Kier molecular flexibility index (Phi) is 17.4. The van der Waals surface area contributed by atoms with E-state index in [-0.39, 0.29) is 30.1 Å². The number of Topliss-reactive ketones (excluding diaryl/α,β-unsaturated/α-hetero) is 1. The Morgan fingerprint density at radius 2 is 1.17 bits per heavy atom. The molecule has 0 N–H and O–H groups in total. The topological polar surface area (TPSA) is 96.0 Å². The van der Waals surface area contributed by atoms with E-state index in [9.17, 15) is 19.2 Å². The van der Waals surface area contributed by atoms with Crippen molar-refractivity contribution in [2.45, 2.75) is 125 Å². The van der Waals surface area contributed by atoms with E-state index in [2.05, 4.69) is 37.2 Å². The van der Waals surface area contributed by atoms with Crippen molar-refractivity contribution in [3.63, 3.8) is 0 Å². The van der Waals surface area contributed by atoms with Crippen LogP contribution in [0.5, 0.6) is 0 Å². The van der Waals surface area contributed by atoms with Gasteiger partial charge in [0.1, 0.15) is 12.2 Å². The van der Waals surface area contributed by atoms with Crippen molar-refractivity contribution < 1.29 is 33.4 Å². The van der Waals surface area contributed by atoms with Crippen molar-refractivity contribution >= 4 is 23.7 Å². The van der Waals surface area contributed by atoms with Gasteiger partial charge in [-0.2, -0.15) is 0 Å². The first-order valence-electron chi connectivity index (χ1n) is 13.7. The van der Waals surface area contributed by atoms with Gasteiger partial charge in [0.15, 0.2) is 0 Å². The molecule has 0 amide bonds. The lowest BCUT2D eigenvalue weighted by Gasteiger charge is -2.06. The highest BCUT2D eigenvalue weighted by molar-refractivity contribution is 5.95. The Morgan fingerprint density at radius 3 is 1.56 bits per heavy atom. The Labute approximate surface area is 219 Å². The average molecular weight is 513 g/mol. The molecule has 2 fully saturated rings. The molecule has 0 radical (unpaired) electrons. The zero-order chi connectivity index (χ0) is 27.6. The number of hydrogen-bond acceptors (Lipinski definition) is 7. The van der Waals surface area contributed by atoms with Crippen LogP contribution in [-0.4, -0.2) is 44.5 Å². The minimum Gasteiger partial charge on any atom is -0.469 e. The quantitative estimate of drug-likeness (QED) is 0.139. The molecular weight excluding hydrogens is 460 g/mol. The molecule has 0 aromatic heterocycles. The number of methoxy groups -OCH3 is 2. The standard InChI is InChI=1S/C12H20O3.C9H16O2.C8H16O2/c1-3-15-11(14)9-10(13)5-4-6-12(2)7-8-12;1-9(6-7-9)5-3-4-8(10)11-2;1-7(2)5-4-6-8(9)10-3/h3-9H2,1-2H3;3-7H2,1-2H3;7H,4-6H2,1-3H3. The molecule has 36 heavy (non-hydrogen) atoms. The number of rotatable bonds is 15. The molecule has 2 aliphatic rings. The fraction of sp³-hybridized carbons (Fsp3) is 0.862. The Bertz CT molecular complexity index is 661. The Morgan fingerprint density at radius 1 is 0.722 bits per heavy atom. The van der Waals surface area contributed by atoms with Crippen LogP contribution in [0.4, 0.5) is 0 Å². The molecule has 0 heterocycles. The van der Waals surface area contributed by atoms with E-state index < -0.39 is 0 Å². The van der Waals surface area contributed by atoms with Crippen LogP contribution >= 0.6 is 0 Å². The molecule has 0 atom stereocenters. The van der Waals surface area contributed by atoms with E-state index in [4.69, 9.17) is 4.74 Å². The smallest absolute Gasteiger partial charge is 0.313 e. The van der Waals surface area contributed by atoms with E-state index in [1.165, 1.54) is 46.3 Å². The summed E-state index contributed by atoms with van der Waals surface area (Å²) in [6.45, 7) is 10.9. The van der Waals surface area contributed by atoms with Crippen LogP contribution in [0.1, 0.15) is 125 Å². The van der Waals surface area contributed by atoms with E-state index in [0.717, 1.165) is 32.1 Å². The summed E-state index contributed by atoms with van der Waals surface area (Å²) in [5.74, 6) is 0.136. The average Bonchev–Trinajstić information content (AvgIpc) is 3.73. The van der Waals surface area contributed by atoms with Crippen LogP contribution in [0.3, 0.4) is 0 Å². The van der Waals surface area contributed by atoms with E-state index in [0.29, 0.717) is 42.6 Å². The summed E-state index contributed by atoms with van der Waals surface area (Å²) in [7, 11) is 2.87. The number of hydrogen-bond donors (Lipinski definition) is 0. The first-order chi connectivity index (χ1) is 16.9. The maximum Gasteiger partial charge on any atom is 0.313 e. The second-order valence-electron chi connectivity index (χ2n) is 11.3. The highest BCUT2D eigenvalue weighted by atomic mass is 16.5. The molecular formula is C29H52O7. The second kappa shape index (κ2) is 18.3. The SMILES string of the molecule is CCOC(=O)CC(=O)CCCC1(C)CC1.COC(=O)CCCC(C)C.COC(=O)CCCC1(C)CC1. The summed E-state index contributed by atoms with van der Waals surface area (Å²) >= 11 is 0. The monoisotopic (exact) mass is 512 g/mol. The maximum atomic E-state index is 11.3. The summed E-state index contributed by atoms with van der Waals surface area (Å²) in [5, 5.41) is 0. The third-order valence-corrected chi connectivity index (χ3v) is 6.87. The number of carbonyl (C=O) groups is 4. The fourth-order valence-corrected chi connectivity index (χ4v) is 3.62. The van der Waals surface area contributed by atoms with Gasteiger partial charge < -0.3 is 14.2 Å². The molecule has 7 nitrogen and oxygen atoms in total. The predicted octanol–water partition coefficient (Wildman–Crippen LogP) is 6.59. The van der Waals surface area contributed by atoms with Crippen molar-refractivity contribution in [3.8, 4) is 0 Å². The largest absolute Gasteiger partial charge is 0.469 e. The van der Waals surface area contributed by atoms with Crippen LogP contribution in [0.15, 0.2) is 0 Å². The van der Waals surface area contributed by atoms with Crippen LogP contribution in [0.25, 0.3) is 0 Å². The summed E-state index contributed by atoms with van der Waals surface area (Å²) in [6.07, 6.45) is 13.1. The minimum absolute atomic E-state index is 0.0118. The molecule has 210 valence electrons. The molecule has 0 unspecified atom stereocenters. The summed E-state index contributed by atoms with van der Waals surface area (Å²) < 4.78 is 13.8. The van der Waals surface area contributed by atoms with Gasteiger partial charge in [-0.1, -0.05) is 34.1 Å². The Balaban J connectivity index is 0.000000525. The zero-order valence-corrected chi connectivity index (χ0v) is 24.0. The van der Waals surface area contributed by atoms with Crippen molar-refractivity contribution in [2.75, 3.05) is 20.8 Å². The van der Waals surface area contributed by atoms with Crippen molar-refractivity contribution in [2.24, 2.45) is 16.7 Å². The van der Waals surface area contributed by atoms with Crippen LogP contribution in [0, 0.1) is 16.7 Å².